The molecule has 0 saturated heterocycles. The Balaban J connectivity index is 1.71. The molecule has 0 spiro atoms. The van der Waals surface area contributed by atoms with Crippen LogP contribution in [0, 0.1) is 10.1 Å². The number of methoxy groups -OCH3 is 1. The number of nitrogens with one attached hydrogen (secondary N) is 1. The van der Waals surface area contributed by atoms with Crippen LogP contribution in [0.1, 0.15) is 23.6 Å². The Bertz CT molecular complexity index is 708. The topological polar surface area (TPSA) is 76.8 Å². The summed E-state index contributed by atoms with van der Waals surface area (Å²) < 4.78 is 5.15. The summed E-state index contributed by atoms with van der Waals surface area (Å²) >= 11 is 0. The molecule has 0 saturated carbocycles. The van der Waals surface area contributed by atoms with Crippen molar-refractivity contribution < 1.29 is 9.66 Å². The second-order valence-electron chi connectivity index (χ2n) is 5.02. The van der Waals surface area contributed by atoms with E-state index in [0.717, 1.165) is 29.0 Å². The Kier molecular flexibility index (Phi) is 3.74. The third-order valence-electron chi connectivity index (χ3n) is 3.68. The summed E-state index contributed by atoms with van der Waals surface area (Å²) in [6, 6.07) is 14.4. The lowest BCUT2D eigenvalue weighted by Crippen LogP contribution is -2.09. The minimum atomic E-state index is -0.404. The molecule has 2 aromatic carbocycles. The van der Waals surface area contributed by atoms with E-state index in [1.165, 1.54) is 12.1 Å². The van der Waals surface area contributed by atoms with Crippen molar-refractivity contribution in [1.82, 2.24) is 5.43 Å². The molecule has 112 valence electrons. The molecule has 1 heterocycles. The lowest BCUT2D eigenvalue weighted by molar-refractivity contribution is -0.384. The van der Waals surface area contributed by atoms with Crippen molar-refractivity contribution in [3.63, 3.8) is 0 Å². The number of nitrogens with zero attached hydrogens (tertiary/aromatic N) is 2. The van der Waals surface area contributed by atoms with Gasteiger partial charge in [-0.05, 0) is 35.4 Å². The van der Waals surface area contributed by atoms with Crippen LogP contribution in [0.15, 0.2) is 53.6 Å². The molecular weight excluding hydrogens is 282 g/mol. The lowest BCUT2D eigenvalue weighted by atomic mass is 9.99. The average Bonchev–Trinajstić information content (AvgIpc) is 3.05. The van der Waals surface area contributed by atoms with Crippen molar-refractivity contribution in [3.05, 3.63) is 69.8 Å². The first-order valence-corrected chi connectivity index (χ1v) is 6.88. The summed E-state index contributed by atoms with van der Waals surface area (Å²) in [5.74, 6) is 0.818. The van der Waals surface area contributed by atoms with Crippen LogP contribution in [0.5, 0.6) is 5.75 Å². The second-order valence-corrected chi connectivity index (χ2v) is 5.02. The first-order valence-electron chi connectivity index (χ1n) is 6.88. The molecule has 0 amide bonds. The van der Waals surface area contributed by atoms with E-state index in [0.29, 0.717) is 0 Å². The Morgan fingerprint density at radius 1 is 1.18 bits per heavy atom. The molecule has 0 bridgehead atoms. The number of hydrazone groups is 1. The molecule has 3 rings (SSSR count). The van der Waals surface area contributed by atoms with Crippen LogP contribution in [0.3, 0.4) is 0 Å². The highest BCUT2D eigenvalue weighted by atomic mass is 16.6. The van der Waals surface area contributed by atoms with Crippen molar-refractivity contribution in [2.75, 3.05) is 7.11 Å². The zero-order valence-corrected chi connectivity index (χ0v) is 12.0. The van der Waals surface area contributed by atoms with E-state index in [-0.39, 0.29) is 11.7 Å². The van der Waals surface area contributed by atoms with Gasteiger partial charge in [-0.1, -0.05) is 12.1 Å². The van der Waals surface area contributed by atoms with Gasteiger partial charge in [0.2, 0.25) is 0 Å². The number of ether oxygens (including phenoxy) is 1. The fourth-order valence-corrected chi connectivity index (χ4v) is 2.43. The second kappa shape index (κ2) is 5.85. The van der Waals surface area contributed by atoms with Crippen molar-refractivity contribution >= 4 is 11.4 Å². The van der Waals surface area contributed by atoms with Gasteiger partial charge in [0, 0.05) is 18.6 Å². The van der Waals surface area contributed by atoms with Gasteiger partial charge in [0.05, 0.1) is 23.8 Å². The van der Waals surface area contributed by atoms with Gasteiger partial charge in [-0.15, -0.1) is 0 Å². The Labute approximate surface area is 127 Å². The van der Waals surface area contributed by atoms with Crippen molar-refractivity contribution in [2.24, 2.45) is 5.10 Å². The number of nitro benzene ring substituents is 1. The fourth-order valence-electron chi connectivity index (χ4n) is 2.43. The summed E-state index contributed by atoms with van der Waals surface area (Å²) in [5.41, 5.74) is 6.12. The number of hydrogen-bond donors (Lipinski definition) is 1. The molecule has 1 aliphatic rings. The molecule has 1 atom stereocenters. The van der Waals surface area contributed by atoms with E-state index < -0.39 is 4.92 Å². The fraction of sp³-hybridized carbons (Fsp3) is 0.188. The Morgan fingerprint density at radius 3 is 2.45 bits per heavy atom. The predicted molar refractivity (Wildman–Crippen MR) is 83.1 cm³/mol. The van der Waals surface area contributed by atoms with Gasteiger partial charge in [-0.3, -0.25) is 10.1 Å². The van der Waals surface area contributed by atoms with Crippen molar-refractivity contribution in [3.8, 4) is 5.75 Å². The Hall–Kier alpha value is -2.89. The summed E-state index contributed by atoms with van der Waals surface area (Å²) in [5, 5.41) is 15.0. The summed E-state index contributed by atoms with van der Waals surface area (Å²) in [6.45, 7) is 0. The minimum Gasteiger partial charge on any atom is -0.497 e. The summed E-state index contributed by atoms with van der Waals surface area (Å²) in [4.78, 5) is 10.3. The molecule has 0 aliphatic carbocycles. The molecule has 22 heavy (non-hydrogen) atoms. The normalized spacial score (nSPS) is 16.8. The van der Waals surface area contributed by atoms with Crippen LogP contribution < -0.4 is 10.2 Å². The molecule has 0 fully saturated rings. The van der Waals surface area contributed by atoms with Crippen LogP contribution in [0.4, 0.5) is 5.69 Å². The third-order valence-corrected chi connectivity index (χ3v) is 3.68. The van der Waals surface area contributed by atoms with Crippen LogP contribution >= 0.6 is 0 Å². The number of hydrogen-bond acceptors (Lipinski definition) is 5. The molecule has 2 aromatic rings. The molecule has 0 unspecified atom stereocenters. The standard InChI is InChI=1S/C16H15N3O3/c1-22-14-8-4-12(5-9-14)16-10-15(17-18-16)11-2-6-13(7-3-11)19(20)21/h2-9,16,18H,10H2,1H3/t16-/m1/s1. The van der Waals surface area contributed by atoms with Crippen molar-refractivity contribution in [1.29, 1.82) is 0 Å². The monoisotopic (exact) mass is 297 g/mol. The highest BCUT2D eigenvalue weighted by molar-refractivity contribution is 6.01. The molecule has 1 aliphatic heterocycles. The molecule has 0 radical (unpaired) electrons. The first-order chi connectivity index (χ1) is 10.7. The number of rotatable bonds is 4. The molecule has 0 aromatic heterocycles. The molecule has 6 heteroatoms. The smallest absolute Gasteiger partial charge is 0.269 e. The van der Waals surface area contributed by atoms with Crippen LogP contribution in [-0.2, 0) is 0 Å². The van der Waals surface area contributed by atoms with E-state index in [1.54, 1.807) is 19.2 Å². The summed E-state index contributed by atoms with van der Waals surface area (Å²) in [7, 11) is 1.64. The zero-order valence-electron chi connectivity index (χ0n) is 12.0. The number of nitro groups is 1. The number of benzene rings is 2. The number of non-ortho nitro benzene ring substituents is 1. The predicted octanol–water partition coefficient (Wildman–Crippen LogP) is 3.04. The summed E-state index contributed by atoms with van der Waals surface area (Å²) in [6.07, 6.45) is 0.740. The van der Waals surface area contributed by atoms with Gasteiger partial charge in [0.25, 0.3) is 5.69 Å². The van der Waals surface area contributed by atoms with E-state index in [1.807, 2.05) is 24.3 Å². The SMILES string of the molecule is COc1ccc([C@H]2CC(c3ccc([N+](=O)[O-])cc3)=NN2)cc1. The van der Waals surface area contributed by atoms with E-state index in [9.17, 15) is 10.1 Å². The quantitative estimate of drug-likeness (QED) is 0.695. The Morgan fingerprint density at radius 2 is 1.86 bits per heavy atom. The largest absolute Gasteiger partial charge is 0.497 e. The average molecular weight is 297 g/mol. The first kappa shape index (κ1) is 14.1. The van der Waals surface area contributed by atoms with E-state index in [2.05, 4.69) is 10.5 Å². The van der Waals surface area contributed by atoms with Crippen molar-refractivity contribution in [2.45, 2.75) is 12.5 Å². The third kappa shape index (κ3) is 2.76. The van der Waals surface area contributed by atoms with Crippen LogP contribution in [0.2, 0.25) is 0 Å². The maximum atomic E-state index is 10.7. The maximum absolute atomic E-state index is 10.7. The van der Waals surface area contributed by atoms with E-state index in [4.69, 9.17) is 4.74 Å². The molecular formula is C16H15N3O3. The molecule has 1 N–H and O–H groups in total. The lowest BCUT2D eigenvalue weighted by Gasteiger charge is -2.10. The van der Waals surface area contributed by atoms with Gasteiger partial charge in [0.1, 0.15) is 5.75 Å². The highest BCUT2D eigenvalue weighted by Gasteiger charge is 2.21. The molecule has 6 nitrogen and oxygen atoms in total. The maximum Gasteiger partial charge on any atom is 0.269 e. The van der Waals surface area contributed by atoms with Crippen LogP contribution in [0.25, 0.3) is 0 Å². The van der Waals surface area contributed by atoms with E-state index >= 15 is 0 Å². The van der Waals surface area contributed by atoms with Crippen LogP contribution in [-0.4, -0.2) is 17.7 Å². The van der Waals surface area contributed by atoms with Gasteiger partial charge >= 0.3 is 0 Å². The highest BCUT2D eigenvalue weighted by Crippen LogP contribution is 2.26. The zero-order chi connectivity index (χ0) is 15.5. The minimum absolute atomic E-state index is 0.0852. The van der Waals surface area contributed by atoms with Gasteiger partial charge in [-0.2, -0.15) is 5.10 Å². The van der Waals surface area contributed by atoms with Gasteiger partial charge in [-0.25, -0.2) is 0 Å². The van der Waals surface area contributed by atoms with Gasteiger partial charge in [0.15, 0.2) is 0 Å². The van der Waals surface area contributed by atoms with Gasteiger partial charge < -0.3 is 10.2 Å².